The van der Waals surface area contributed by atoms with Crippen molar-refractivity contribution in [1.82, 2.24) is 0 Å². The van der Waals surface area contributed by atoms with Gasteiger partial charge in [-0.3, -0.25) is 0 Å². The summed E-state index contributed by atoms with van der Waals surface area (Å²) in [5.41, 5.74) is 7.04. The van der Waals surface area contributed by atoms with Gasteiger partial charge >= 0.3 is 0 Å². The summed E-state index contributed by atoms with van der Waals surface area (Å²) in [5, 5.41) is 0. The van der Waals surface area contributed by atoms with E-state index in [2.05, 4.69) is 12.1 Å². The van der Waals surface area contributed by atoms with Gasteiger partial charge in [0.25, 0.3) is 5.79 Å². The average molecular weight is 233 g/mol. The second-order valence-corrected chi connectivity index (χ2v) is 5.91. The Hall–Kier alpha value is -1.22. The average Bonchev–Trinajstić information content (AvgIpc) is 2.53. The van der Waals surface area contributed by atoms with E-state index in [0.717, 1.165) is 30.8 Å². The molecule has 2 aliphatic rings. The molecule has 92 valence electrons. The predicted octanol–water partition coefficient (Wildman–Crippen LogP) is 2.62. The van der Waals surface area contributed by atoms with Crippen molar-refractivity contribution >= 4 is 0 Å². The molecular weight excluding hydrogens is 214 g/mol. The first-order chi connectivity index (χ1) is 7.96. The molecule has 1 spiro atoms. The van der Waals surface area contributed by atoms with Crippen LogP contribution in [-0.4, -0.2) is 11.3 Å². The lowest BCUT2D eigenvalue weighted by Gasteiger charge is -2.35. The van der Waals surface area contributed by atoms with Crippen LogP contribution in [0.4, 0.5) is 0 Å². The fourth-order valence-electron chi connectivity index (χ4n) is 2.44. The van der Waals surface area contributed by atoms with Crippen LogP contribution < -0.4 is 15.2 Å². The van der Waals surface area contributed by atoms with E-state index < -0.39 is 0 Å². The standard InChI is InChI=1S/C14H19NO2/c1-13(2,15)9-10-4-5-11-12(8-10)17-14(16-11)6-3-7-14/h4-5,8H,3,6-7,9,15H2,1-2H3. The maximum atomic E-state index is 6.03. The number of benzene rings is 1. The Kier molecular flexibility index (Phi) is 2.17. The van der Waals surface area contributed by atoms with Gasteiger partial charge in [0.15, 0.2) is 11.5 Å². The molecule has 1 heterocycles. The van der Waals surface area contributed by atoms with Crippen LogP contribution >= 0.6 is 0 Å². The summed E-state index contributed by atoms with van der Waals surface area (Å²) in [7, 11) is 0. The molecule has 1 aliphatic carbocycles. The summed E-state index contributed by atoms with van der Waals surface area (Å²) in [6.07, 6.45) is 4.03. The van der Waals surface area contributed by atoms with Gasteiger partial charge in [-0.1, -0.05) is 6.07 Å². The molecule has 0 bridgehead atoms. The number of fused-ring (bicyclic) bond motifs is 1. The first-order valence-corrected chi connectivity index (χ1v) is 6.26. The number of nitrogens with two attached hydrogens (primary N) is 1. The quantitative estimate of drug-likeness (QED) is 0.854. The van der Waals surface area contributed by atoms with Gasteiger partial charge in [-0.2, -0.15) is 0 Å². The highest BCUT2D eigenvalue weighted by Crippen LogP contribution is 2.48. The van der Waals surface area contributed by atoms with Crippen LogP contribution in [0.2, 0.25) is 0 Å². The molecule has 1 saturated carbocycles. The van der Waals surface area contributed by atoms with Crippen molar-refractivity contribution < 1.29 is 9.47 Å². The summed E-state index contributed by atoms with van der Waals surface area (Å²) in [6.45, 7) is 4.07. The summed E-state index contributed by atoms with van der Waals surface area (Å²) >= 11 is 0. The van der Waals surface area contributed by atoms with Crippen LogP contribution in [0.25, 0.3) is 0 Å². The monoisotopic (exact) mass is 233 g/mol. The lowest BCUT2D eigenvalue weighted by Crippen LogP contribution is -2.45. The van der Waals surface area contributed by atoms with Crippen molar-refractivity contribution in [3.63, 3.8) is 0 Å². The molecule has 0 unspecified atom stereocenters. The fraction of sp³-hybridized carbons (Fsp3) is 0.571. The van der Waals surface area contributed by atoms with Crippen LogP contribution in [0.3, 0.4) is 0 Å². The maximum Gasteiger partial charge on any atom is 0.251 e. The van der Waals surface area contributed by atoms with Crippen molar-refractivity contribution in [2.75, 3.05) is 0 Å². The molecular formula is C14H19NO2. The highest BCUT2D eigenvalue weighted by atomic mass is 16.7. The van der Waals surface area contributed by atoms with Crippen LogP contribution in [0.1, 0.15) is 38.7 Å². The smallest absolute Gasteiger partial charge is 0.251 e. The zero-order chi connectivity index (χ0) is 12.1. The van der Waals surface area contributed by atoms with Crippen LogP contribution in [0.15, 0.2) is 18.2 Å². The predicted molar refractivity (Wildman–Crippen MR) is 66.3 cm³/mol. The van der Waals surface area contributed by atoms with Gasteiger partial charge in [0.05, 0.1) is 0 Å². The van der Waals surface area contributed by atoms with Gasteiger partial charge in [0.1, 0.15) is 0 Å². The molecule has 0 atom stereocenters. The van der Waals surface area contributed by atoms with Gasteiger partial charge in [0.2, 0.25) is 0 Å². The minimum atomic E-state index is -0.334. The lowest BCUT2D eigenvalue weighted by molar-refractivity contribution is -0.138. The minimum Gasteiger partial charge on any atom is -0.448 e. The summed E-state index contributed by atoms with van der Waals surface area (Å²) in [5.74, 6) is 1.42. The van der Waals surface area contributed by atoms with E-state index in [-0.39, 0.29) is 11.3 Å². The van der Waals surface area contributed by atoms with E-state index in [1.807, 2.05) is 19.9 Å². The van der Waals surface area contributed by atoms with Gasteiger partial charge < -0.3 is 15.2 Å². The van der Waals surface area contributed by atoms with Gasteiger partial charge in [0, 0.05) is 18.4 Å². The van der Waals surface area contributed by atoms with Gasteiger partial charge in [-0.15, -0.1) is 0 Å². The van der Waals surface area contributed by atoms with Crippen LogP contribution in [0, 0.1) is 0 Å². The number of rotatable bonds is 2. The first kappa shape index (κ1) is 10.9. The highest BCUT2D eigenvalue weighted by Gasteiger charge is 2.47. The number of hydrogen-bond donors (Lipinski definition) is 1. The molecule has 3 nitrogen and oxygen atoms in total. The molecule has 1 fully saturated rings. The summed E-state index contributed by atoms with van der Waals surface area (Å²) in [6, 6.07) is 6.15. The summed E-state index contributed by atoms with van der Waals surface area (Å²) in [4.78, 5) is 0. The number of hydrogen-bond acceptors (Lipinski definition) is 3. The maximum absolute atomic E-state index is 6.03. The molecule has 1 aromatic rings. The third kappa shape index (κ3) is 2.00. The Labute approximate surface area is 102 Å². The molecule has 0 radical (unpaired) electrons. The molecule has 2 N–H and O–H groups in total. The Bertz CT molecular complexity index is 444. The lowest BCUT2D eigenvalue weighted by atomic mass is 9.91. The van der Waals surface area contributed by atoms with Gasteiger partial charge in [-0.05, 0) is 44.4 Å². The first-order valence-electron chi connectivity index (χ1n) is 6.26. The second kappa shape index (κ2) is 3.39. The van der Waals surface area contributed by atoms with E-state index in [0.29, 0.717) is 0 Å². The molecule has 1 aromatic carbocycles. The molecule has 0 saturated heterocycles. The van der Waals surface area contributed by atoms with E-state index in [1.165, 1.54) is 12.0 Å². The zero-order valence-electron chi connectivity index (χ0n) is 10.5. The second-order valence-electron chi connectivity index (χ2n) is 5.91. The van der Waals surface area contributed by atoms with E-state index in [9.17, 15) is 0 Å². The van der Waals surface area contributed by atoms with Crippen LogP contribution in [-0.2, 0) is 6.42 Å². The minimum absolute atomic E-state index is 0.193. The van der Waals surface area contributed by atoms with E-state index in [4.69, 9.17) is 15.2 Å². The largest absolute Gasteiger partial charge is 0.448 e. The Morgan fingerprint density at radius 1 is 1.24 bits per heavy atom. The van der Waals surface area contributed by atoms with E-state index in [1.54, 1.807) is 0 Å². The molecule has 0 aromatic heterocycles. The SMILES string of the molecule is CC(C)(N)Cc1ccc2c(c1)OC1(CCC1)O2. The van der Waals surface area contributed by atoms with Crippen LogP contribution in [0.5, 0.6) is 11.5 Å². The molecule has 3 heteroatoms. The Balaban J connectivity index is 1.82. The van der Waals surface area contributed by atoms with Crippen molar-refractivity contribution in [2.45, 2.75) is 50.9 Å². The molecule has 1 aliphatic heterocycles. The fourth-order valence-corrected chi connectivity index (χ4v) is 2.44. The Morgan fingerprint density at radius 3 is 2.53 bits per heavy atom. The van der Waals surface area contributed by atoms with Crippen molar-refractivity contribution in [2.24, 2.45) is 5.73 Å². The topological polar surface area (TPSA) is 44.5 Å². The zero-order valence-corrected chi connectivity index (χ0v) is 10.5. The van der Waals surface area contributed by atoms with Crippen molar-refractivity contribution in [1.29, 1.82) is 0 Å². The normalized spacial score (nSPS) is 20.4. The molecule has 3 rings (SSSR count). The Morgan fingerprint density at radius 2 is 1.94 bits per heavy atom. The van der Waals surface area contributed by atoms with Crippen molar-refractivity contribution in [3.05, 3.63) is 23.8 Å². The third-order valence-electron chi connectivity index (χ3n) is 3.38. The highest BCUT2D eigenvalue weighted by molar-refractivity contribution is 5.46. The van der Waals surface area contributed by atoms with Crippen molar-refractivity contribution in [3.8, 4) is 11.5 Å². The summed E-state index contributed by atoms with van der Waals surface area (Å²) < 4.78 is 11.8. The molecule has 17 heavy (non-hydrogen) atoms. The van der Waals surface area contributed by atoms with E-state index >= 15 is 0 Å². The van der Waals surface area contributed by atoms with Gasteiger partial charge in [-0.25, -0.2) is 0 Å². The molecule has 0 amide bonds. The third-order valence-corrected chi connectivity index (χ3v) is 3.38. The number of ether oxygens (including phenoxy) is 2.